The average Bonchev–Trinajstić information content (AvgIpc) is 2.61. The zero-order valence-electron chi connectivity index (χ0n) is 14.0. The van der Waals surface area contributed by atoms with Crippen LogP contribution in [0.3, 0.4) is 0 Å². The molecule has 1 aromatic heterocycles. The first-order valence-electron chi connectivity index (χ1n) is 7.63. The van der Waals surface area contributed by atoms with E-state index in [1.165, 1.54) is 13.4 Å². The first-order chi connectivity index (χ1) is 11.6. The highest BCUT2D eigenvalue weighted by Crippen LogP contribution is 2.23. The molecule has 0 fully saturated rings. The van der Waals surface area contributed by atoms with Gasteiger partial charge in [-0.05, 0) is 25.5 Å². The number of methoxy groups -OCH3 is 1. The van der Waals surface area contributed by atoms with Gasteiger partial charge in [-0.3, -0.25) is 15.6 Å². The quantitative estimate of drug-likeness (QED) is 0.574. The molecule has 1 heterocycles. The van der Waals surface area contributed by atoms with Gasteiger partial charge in [0, 0.05) is 6.04 Å². The largest absolute Gasteiger partial charge is 0.496 e. The van der Waals surface area contributed by atoms with Crippen LogP contribution in [-0.4, -0.2) is 29.0 Å². The van der Waals surface area contributed by atoms with Crippen molar-refractivity contribution in [1.29, 1.82) is 0 Å². The van der Waals surface area contributed by atoms with E-state index in [0.717, 1.165) is 6.42 Å². The van der Waals surface area contributed by atoms with Gasteiger partial charge in [-0.25, -0.2) is 9.97 Å². The van der Waals surface area contributed by atoms with E-state index in [4.69, 9.17) is 10.5 Å². The number of para-hydroxylation sites is 1. The monoisotopic (exact) mass is 330 g/mol. The second kappa shape index (κ2) is 8.00. The molecule has 0 spiro atoms. The predicted molar refractivity (Wildman–Crippen MR) is 93.9 cm³/mol. The first kappa shape index (κ1) is 17.3. The number of nitrogen functional groups attached to an aromatic ring is 1. The van der Waals surface area contributed by atoms with Crippen molar-refractivity contribution in [3.63, 3.8) is 0 Å². The molecule has 0 aliphatic heterocycles. The molecule has 1 aromatic carbocycles. The second-order valence-electron chi connectivity index (χ2n) is 5.22. The number of ether oxygens (including phenoxy) is 1. The smallest absolute Gasteiger partial charge is 0.273 e. The van der Waals surface area contributed by atoms with E-state index < -0.39 is 0 Å². The lowest BCUT2D eigenvalue weighted by atomic mass is 10.2. The Balaban J connectivity index is 2.09. The van der Waals surface area contributed by atoms with Crippen LogP contribution in [0.1, 0.15) is 30.6 Å². The fourth-order valence-electron chi connectivity index (χ4n) is 1.96. The van der Waals surface area contributed by atoms with Crippen LogP contribution in [0.2, 0.25) is 0 Å². The van der Waals surface area contributed by atoms with E-state index in [2.05, 4.69) is 33.1 Å². The Kier molecular flexibility index (Phi) is 5.78. The van der Waals surface area contributed by atoms with Gasteiger partial charge in [-0.1, -0.05) is 19.1 Å². The van der Waals surface area contributed by atoms with E-state index in [1.807, 2.05) is 6.92 Å². The summed E-state index contributed by atoms with van der Waals surface area (Å²) in [6.07, 6.45) is 2.30. The highest BCUT2D eigenvalue weighted by molar-refractivity contribution is 5.97. The lowest BCUT2D eigenvalue weighted by Crippen LogP contribution is -2.31. The van der Waals surface area contributed by atoms with Crippen molar-refractivity contribution in [3.8, 4) is 5.75 Å². The van der Waals surface area contributed by atoms with Crippen molar-refractivity contribution in [1.82, 2.24) is 15.4 Å². The van der Waals surface area contributed by atoms with E-state index in [0.29, 0.717) is 28.6 Å². The van der Waals surface area contributed by atoms with E-state index in [1.54, 1.807) is 24.3 Å². The molecular formula is C16H22N6O2. The summed E-state index contributed by atoms with van der Waals surface area (Å²) in [6, 6.07) is 7.14. The van der Waals surface area contributed by atoms with Gasteiger partial charge in [0.15, 0.2) is 11.6 Å². The molecule has 1 amide bonds. The normalized spacial score (nSPS) is 11.5. The topological polar surface area (TPSA) is 114 Å². The Labute approximate surface area is 140 Å². The number of anilines is 3. The number of nitrogens with two attached hydrogens (primary N) is 1. The number of hydrogen-bond acceptors (Lipinski definition) is 7. The van der Waals surface area contributed by atoms with Crippen molar-refractivity contribution >= 4 is 23.2 Å². The lowest BCUT2D eigenvalue weighted by molar-refractivity contribution is 0.0959. The Bertz CT molecular complexity index is 707. The second-order valence-corrected chi connectivity index (χ2v) is 5.22. The Morgan fingerprint density at radius 3 is 2.71 bits per heavy atom. The van der Waals surface area contributed by atoms with Gasteiger partial charge >= 0.3 is 0 Å². The van der Waals surface area contributed by atoms with Crippen molar-refractivity contribution in [2.75, 3.05) is 23.6 Å². The number of benzene rings is 1. The number of hydrogen-bond donors (Lipinski definition) is 4. The summed E-state index contributed by atoms with van der Waals surface area (Å²) in [7, 11) is 1.51. The van der Waals surface area contributed by atoms with Crippen molar-refractivity contribution in [2.45, 2.75) is 26.3 Å². The zero-order chi connectivity index (χ0) is 17.5. The number of carbonyl (C=O) groups excluding carboxylic acids is 1. The predicted octanol–water partition coefficient (Wildman–Crippen LogP) is 2.03. The van der Waals surface area contributed by atoms with E-state index >= 15 is 0 Å². The zero-order valence-corrected chi connectivity index (χ0v) is 14.0. The molecule has 1 atom stereocenters. The van der Waals surface area contributed by atoms with Gasteiger partial charge < -0.3 is 15.8 Å². The minimum absolute atomic E-state index is 0.221. The molecule has 0 saturated carbocycles. The summed E-state index contributed by atoms with van der Waals surface area (Å²) in [5.41, 5.74) is 12.1. The Morgan fingerprint density at radius 1 is 1.29 bits per heavy atom. The first-order valence-corrected chi connectivity index (χ1v) is 7.63. The van der Waals surface area contributed by atoms with Gasteiger partial charge in [-0.15, -0.1) is 0 Å². The number of nitrogens with zero attached hydrogens (tertiary/aromatic N) is 2. The third-order valence-corrected chi connectivity index (χ3v) is 3.53. The van der Waals surface area contributed by atoms with Crippen LogP contribution in [-0.2, 0) is 0 Å². The minimum Gasteiger partial charge on any atom is -0.496 e. The van der Waals surface area contributed by atoms with Crippen LogP contribution in [0.25, 0.3) is 0 Å². The average molecular weight is 330 g/mol. The molecule has 0 bridgehead atoms. The summed E-state index contributed by atoms with van der Waals surface area (Å²) in [4.78, 5) is 20.4. The molecule has 2 aromatic rings. The van der Waals surface area contributed by atoms with Crippen molar-refractivity contribution < 1.29 is 9.53 Å². The van der Waals surface area contributed by atoms with Gasteiger partial charge in [-0.2, -0.15) is 0 Å². The van der Waals surface area contributed by atoms with Crippen LogP contribution >= 0.6 is 0 Å². The molecule has 0 aliphatic rings. The summed E-state index contributed by atoms with van der Waals surface area (Å²) < 4.78 is 5.17. The lowest BCUT2D eigenvalue weighted by Gasteiger charge is -2.16. The number of hydrazine groups is 1. The highest BCUT2D eigenvalue weighted by Gasteiger charge is 2.13. The van der Waals surface area contributed by atoms with Crippen molar-refractivity contribution in [2.24, 2.45) is 0 Å². The maximum absolute atomic E-state index is 12.3. The summed E-state index contributed by atoms with van der Waals surface area (Å²) in [6.45, 7) is 4.08. The van der Waals surface area contributed by atoms with Crippen LogP contribution in [0.15, 0.2) is 30.6 Å². The third-order valence-electron chi connectivity index (χ3n) is 3.53. The number of aromatic nitrogens is 2. The summed E-state index contributed by atoms with van der Waals surface area (Å²) >= 11 is 0. The molecule has 24 heavy (non-hydrogen) atoms. The Hall–Kier alpha value is -3.03. The fraction of sp³-hybridized carbons (Fsp3) is 0.312. The number of nitrogens with one attached hydrogen (secondary N) is 3. The molecule has 1 unspecified atom stereocenters. The van der Waals surface area contributed by atoms with Gasteiger partial charge in [0.1, 0.15) is 17.8 Å². The van der Waals surface area contributed by atoms with Gasteiger partial charge in [0.25, 0.3) is 5.91 Å². The minimum atomic E-state index is -0.359. The fourth-order valence-corrected chi connectivity index (χ4v) is 1.96. The molecule has 8 heteroatoms. The highest BCUT2D eigenvalue weighted by atomic mass is 16.5. The molecule has 128 valence electrons. The number of carbonyl (C=O) groups is 1. The van der Waals surface area contributed by atoms with Crippen LogP contribution in [0, 0.1) is 0 Å². The summed E-state index contributed by atoms with van der Waals surface area (Å²) in [5, 5.41) is 3.19. The SMILES string of the molecule is CCC(C)Nc1ncnc(NNC(=O)c2ccccc2OC)c1N. The number of amides is 1. The Morgan fingerprint density at radius 2 is 2.00 bits per heavy atom. The standard InChI is InChI=1S/C16H22N6O2/c1-4-10(2)20-14-13(17)15(19-9-18-14)21-22-16(23)11-7-5-6-8-12(11)24-3/h5-10H,4,17H2,1-3H3,(H,22,23)(H2,18,19,20,21). The van der Waals surface area contributed by atoms with Gasteiger partial charge in [0.2, 0.25) is 0 Å². The maximum atomic E-state index is 12.3. The molecular weight excluding hydrogens is 308 g/mol. The molecule has 8 nitrogen and oxygen atoms in total. The van der Waals surface area contributed by atoms with Crippen LogP contribution in [0.4, 0.5) is 17.3 Å². The van der Waals surface area contributed by atoms with Crippen LogP contribution in [0.5, 0.6) is 5.75 Å². The molecule has 5 N–H and O–H groups in total. The number of rotatable bonds is 7. The maximum Gasteiger partial charge on any atom is 0.273 e. The van der Waals surface area contributed by atoms with Gasteiger partial charge in [0.05, 0.1) is 12.7 Å². The molecule has 0 aliphatic carbocycles. The molecule has 0 saturated heterocycles. The van der Waals surface area contributed by atoms with E-state index in [9.17, 15) is 4.79 Å². The summed E-state index contributed by atoms with van der Waals surface area (Å²) in [5.74, 6) is 0.959. The molecule has 0 radical (unpaired) electrons. The van der Waals surface area contributed by atoms with E-state index in [-0.39, 0.29) is 11.9 Å². The van der Waals surface area contributed by atoms with Crippen LogP contribution < -0.4 is 26.6 Å². The molecule has 2 rings (SSSR count). The third kappa shape index (κ3) is 4.03. The van der Waals surface area contributed by atoms with Crippen molar-refractivity contribution in [3.05, 3.63) is 36.2 Å².